The van der Waals surface area contributed by atoms with Gasteiger partial charge in [0.15, 0.2) is 5.11 Å². The minimum absolute atomic E-state index is 0.245. The average molecular weight is 363 g/mol. The Bertz CT molecular complexity index is 700. The van der Waals surface area contributed by atoms with Crippen molar-refractivity contribution in [1.82, 2.24) is 5.32 Å². The summed E-state index contributed by atoms with van der Waals surface area (Å²) in [4.78, 5) is 12.1. The predicted octanol–water partition coefficient (Wildman–Crippen LogP) is 4.19. The molecule has 2 N–H and O–H groups in total. The van der Waals surface area contributed by atoms with Crippen LogP contribution in [-0.2, 0) is 0 Å². The van der Waals surface area contributed by atoms with Crippen LogP contribution in [-0.4, -0.2) is 11.0 Å². The summed E-state index contributed by atoms with van der Waals surface area (Å²) < 4.78 is 0.733. The van der Waals surface area contributed by atoms with Crippen molar-refractivity contribution in [3.8, 4) is 0 Å². The SMILES string of the molecule is Cc1ccc(C)c(NC(=S)NC(=O)c2ccccc2Br)c1. The van der Waals surface area contributed by atoms with Crippen LogP contribution in [0, 0.1) is 13.8 Å². The summed E-state index contributed by atoms with van der Waals surface area (Å²) in [7, 11) is 0. The highest BCUT2D eigenvalue weighted by Crippen LogP contribution is 2.17. The van der Waals surface area contributed by atoms with E-state index in [2.05, 4.69) is 26.6 Å². The molecule has 0 aromatic heterocycles. The minimum Gasteiger partial charge on any atom is -0.332 e. The molecule has 0 heterocycles. The molecule has 2 aromatic rings. The summed E-state index contributed by atoms with van der Waals surface area (Å²) in [6, 6.07) is 13.2. The Morgan fingerprint density at radius 3 is 2.57 bits per heavy atom. The van der Waals surface area contributed by atoms with E-state index >= 15 is 0 Å². The number of aryl methyl sites for hydroxylation is 2. The second-order valence-electron chi connectivity index (χ2n) is 4.71. The fourth-order valence-corrected chi connectivity index (χ4v) is 2.51. The summed E-state index contributed by atoms with van der Waals surface area (Å²) in [6.07, 6.45) is 0. The number of nitrogens with one attached hydrogen (secondary N) is 2. The second-order valence-corrected chi connectivity index (χ2v) is 5.97. The van der Waals surface area contributed by atoms with E-state index in [1.165, 1.54) is 0 Å². The molecule has 0 aliphatic rings. The molecule has 0 saturated heterocycles. The van der Waals surface area contributed by atoms with Crippen LogP contribution < -0.4 is 10.6 Å². The van der Waals surface area contributed by atoms with Crippen LogP contribution in [0.3, 0.4) is 0 Å². The van der Waals surface area contributed by atoms with E-state index in [0.29, 0.717) is 5.56 Å². The smallest absolute Gasteiger partial charge is 0.258 e. The third-order valence-corrected chi connectivity index (χ3v) is 3.88. The molecule has 2 aromatic carbocycles. The molecule has 3 nitrogen and oxygen atoms in total. The van der Waals surface area contributed by atoms with Crippen molar-refractivity contribution in [2.24, 2.45) is 0 Å². The number of thiocarbonyl (C=S) groups is 1. The Hall–Kier alpha value is -1.72. The molecule has 0 spiro atoms. The molecule has 0 fully saturated rings. The van der Waals surface area contributed by atoms with E-state index in [1.807, 2.05) is 44.2 Å². The minimum atomic E-state index is -0.245. The van der Waals surface area contributed by atoms with Gasteiger partial charge < -0.3 is 5.32 Å². The van der Waals surface area contributed by atoms with Crippen LogP contribution in [0.15, 0.2) is 46.9 Å². The Balaban J connectivity index is 2.07. The topological polar surface area (TPSA) is 41.1 Å². The van der Waals surface area contributed by atoms with Crippen LogP contribution in [0.2, 0.25) is 0 Å². The maximum absolute atomic E-state index is 12.1. The first-order valence-electron chi connectivity index (χ1n) is 6.41. The fourth-order valence-electron chi connectivity index (χ4n) is 1.84. The van der Waals surface area contributed by atoms with Crippen LogP contribution in [0.4, 0.5) is 5.69 Å². The van der Waals surface area contributed by atoms with Gasteiger partial charge in [-0.1, -0.05) is 24.3 Å². The molecule has 0 aliphatic heterocycles. The van der Waals surface area contributed by atoms with Gasteiger partial charge in [0.2, 0.25) is 0 Å². The number of carbonyl (C=O) groups is 1. The van der Waals surface area contributed by atoms with E-state index in [1.54, 1.807) is 12.1 Å². The summed E-state index contributed by atoms with van der Waals surface area (Å²) >= 11 is 8.55. The first-order valence-corrected chi connectivity index (χ1v) is 7.61. The average Bonchev–Trinajstić information content (AvgIpc) is 2.43. The van der Waals surface area contributed by atoms with Gasteiger partial charge in [0.05, 0.1) is 5.56 Å². The molecule has 0 unspecified atom stereocenters. The quantitative estimate of drug-likeness (QED) is 0.786. The lowest BCUT2D eigenvalue weighted by Crippen LogP contribution is -2.34. The zero-order valence-corrected chi connectivity index (χ0v) is 14.1. The zero-order chi connectivity index (χ0) is 15.4. The summed E-state index contributed by atoms with van der Waals surface area (Å²) in [5, 5.41) is 6.02. The predicted molar refractivity (Wildman–Crippen MR) is 93.7 cm³/mol. The van der Waals surface area contributed by atoms with Crippen molar-refractivity contribution < 1.29 is 4.79 Å². The molecule has 21 heavy (non-hydrogen) atoms. The van der Waals surface area contributed by atoms with E-state index in [0.717, 1.165) is 21.3 Å². The maximum Gasteiger partial charge on any atom is 0.258 e. The lowest BCUT2D eigenvalue weighted by atomic mass is 10.1. The second kappa shape index (κ2) is 6.83. The number of hydrogen-bond acceptors (Lipinski definition) is 2. The third kappa shape index (κ3) is 4.12. The van der Waals surface area contributed by atoms with Gasteiger partial charge in [0.25, 0.3) is 5.91 Å². The molecule has 5 heteroatoms. The van der Waals surface area contributed by atoms with Crippen molar-refractivity contribution in [3.05, 3.63) is 63.6 Å². The van der Waals surface area contributed by atoms with Gasteiger partial charge in [-0.15, -0.1) is 0 Å². The van der Waals surface area contributed by atoms with Crippen molar-refractivity contribution in [1.29, 1.82) is 0 Å². The molecule has 2 rings (SSSR count). The molecule has 0 radical (unpaired) electrons. The monoisotopic (exact) mass is 362 g/mol. The van der Waals surface area contributed by atoms with Crippen molar-refractivity contribution in [3.63, 3.8) is 0 Å². The summed E-state index contributed by atoms with van der Waals surface area (Å²) in [5.74, 6) is -0.245. The largest absolute Gasteiger partial charge is 0.332 e. The number of amides is 1. The first kappa shape index (κ1) is 15.7. The van der Waals surface area contributed by atoms with Gasteiger partial charge in [0.1, 0.15) is 0 Å². The number of benzene rings is 2. The van der Waals surface area contributed by atoms with Gasteiger partial charge in [0, 0.05) is 10.2 Å². The highest BCUT2D eigenvalue weighted by atomic mass is 79.9. The number of anilines is 1. The van der Waals surface area contributed by atoms with Crippen LogP contribution >= 0.6 is 28.1 Å². The van der Waals surface area contributed by atoms with Crippen molar-refractivity contribution in [2.45, 2.75) is 13.8 Å². The van der Waals surface area contributed by atoms with Gasteiger partial charge >= 0.3 is 0 Å². The van der Waals surface area contributed by atoms with Crippen LogP contribution in [0.1, 0.15) is 21.5 Å². The van der Waals surface area contributed by atoms with Crippen molar-refractivity contribution >= 4 is 44.9 Å². The molecule has 0 saturated carbocycles. The Kier molecular flexibility index (Phi) is 5.09. The van der Waals surface area contributed by atoms with E-state index in [9.17, 15) is 4.79 Å². The number of halogens is 1. The lowest BCUT2D eigenvalue weighted by molar-refractivity contribution is 0.0977. The normalized spacial score (nSPS) is 10.0. The molecule has 108 valence electrons. The Morgan fingerprint density at radius 1 is 1.14 bits per heavy atom. The Labute approximate surface area is 137 Å². The van der Waals surface area contributed by atoms with Gasteiger partial charge in [-0.05, 0) is 71.3 Å². The third-order valence-electron chi connectivity index (χ3n) is 2.99. The van der Waals surface area contributed by atoms with E-state index < -0.39 is 0 Å². The van der Waals surface area contributed by atoms with Gasteiger partial charge in [-0.3, -0.25) is 10.1 Å². The van der Waals surface area contributed by atoms with Crippen LogP contribution in [0.5, 0.6) is 0 Å². The molecule has 0 atom stereocenters. The van der Waals surface area contributed by atoms with Crippen LogP contribution in [0.25, 0.3) is 0 Å². The molecule has 0 aliphatic carbocycles. The van der Waals surface area contributed by atoms with E-state index in [4.69, 9.17) is 12.2 Å². The standard InChI is InChI=1S/C16H15BrN2OS/c1-10-7-8-11(2)14(9-10)18-16(21)19-15(20)12-5-3-4-6-13(12)17/h3-9H,1-2H3,(H2,18,19,20,21). The molecular formula is C16H15BrN2OS. The molecule has 0 bridgehead atoms. The van der Waals surface area contributed by atoms with E-state index in [-0.39, 0.29) is 11.0 Å². The fraction of sp³-hybridized carbons (Fsp3) is 0.125. The number of carbonyl (C=O) groups excluding carboxylic acids is 1. The summed E-state index contributed by atoms with van der Waals surface area (Å²) in [6.45, 7) is 3.99. The van der Waals surface area contributed by atoms with Gasteiger partial charge in [-0.2, -0.15) is 0 Å². The number of hydrogen-bond donors (Lipinski definition) is 2. The lowest BCUT2D eigenvalue weighted by Gasteiger charge is -2.13. The van der Waals surface area contributed by atoms with Crippen molar-refractivity contribution in [2.75, 3.05) is 5.32 Å². The highest BCUT2D eigenvalue weighted by molar-refractivity contribution is 9.10. The van der Waals surface area contributed by atoms with Gasteiger partial charge in [-0.25, -0.2) is 0 Å². The summed E-state index contributed by atoms with van der Waals surface area (Å²) in [5.41, 5.74) is 3.64. The Morgan fingerprint density at radius 2 is 1.86 bits per heavy atom. The number of rotatable bonds is 2. The highest BCUT2D eigenvalue weighted by Gasteiger charge is 2.11. The maximum atomic E-state index is 12.1. The molecular weight excluding hydrogens is 348 g/mol. The molecule has 1 amide bonds. The zero-order valence-electron chi connectivity index (χ0n) is 11.7. The first-order chi connectivity index (χ1) is 9.97.